The van der Waals surface area contributed by atoms with E-state index in [1.54, 1.807) is 0 Å². The van der Waals surface area contributed by atoms with E-state index in [0.29, 0.717) is 0 Å². The van der Waals surface area contributed by atoms with Crippen LogP contribution in [0.5, 0.6) is 0 Å². The molecule has 0 aromatic carbocycles. The van der Waals surface area contributed by atoms with Gasteiger partial charge in [-0.2, -0.15) is 0 Å². The maximum absolute atomic E-state index is 9.00. The van der Waals surface area contributed by atoms with E-state index >= 15 is 0 Å². The van der Waals surface area contributed by atoms with Crippen LogP contribution in [0.25, 0.3) is 0 Å². The zero-order valence-electron chi connectivity index (χ0n) is 3.06. The van der Waals surface area contributed by atoms with Crippen LogP contribution in [0, 0.1) is 0 Å². The van der Waals surface area contributed by atoms with Gasteiger partial charge in [-0.05, 0) is 0 Å². The number of amides is 2. The molecule has 0 radical (unpaired) electrons. The summed E-state index contributed by atoms with van der Waals surface area (Å²) in [5.41, 5.74) is 8.50. The van der Waals surface area contributed by atoms with Crippen LogP contribution in [0.3, 0.4) is 0 Å². The molecule has 0 aliphatic heterocycles. The standard InChI is InChI=1S/CH4N2O.K/c2-1(3)4;/h(H4,2,3,4);/q;+1. The van der Waals surface area contributed by atoms with Gasteiger partial charge < -0.3 is 11.5 Å². The number of hydrogen-bond donors (Lipinski definition) is 2. The summed E-state index contributed by atoms with van der Waals surface area (Å²) in [7, 11) is 0. The number of hydrogen-bond acceptors (Lipinski definition) is 1. The van der Waals surface area contributed by atoms with Gasteiger partial charge in [0.05, 0.1) is 0 Å². The summed E-state index contributed by atoms with van der Waals surface area (Å²) >= 11 is 0. The van der Waals surface area contributed by atoms with Gasteiger partial charge in [-0.15, -0.1) is 0 Å². The summed E-state index contributed by atoms with van der Waals surface area (Å²) in [5.74, 6) is 0. The van der Waals surface area contributed by atoms with Crippen molar-refractivity contribution in [1.82, 2.24) is 0 Å². The molecule has 24 valence electrons. The molecule has 0 unspecified atom stereocenters. The Morgan fingerprint density at radius 2 is 1.40 bits per heavy atom. The summed E-state index contributed by atoms with van der Waals surface area (Å²) in [4.78, 5) is 9.00. The Morgan fingerprint density at radius 1 is 1.40 bits per heavy atom. The number of nitrogens with two attached hydrogens (primary N) is 2. The molecule has 5 heavy (non-hydrogen) atoms. The van der Waals surface area contributed by atoms with E-state index in [2.05, 4.69) is 11.5 Å². The van der Waals surface area contributed by atoms with E-state index in [0.717, 1.165) is 0 Å². The van der Waals surface area contributed by atoms with Crippen LogP contribution in [0.4, 0.5) is 4.79 Å². The maximum atomic E-state index is 9.00. The fraction of sp³-hybridized carbons (Fsp3) is 0. The molecule has 0 saturated heterocycles. The van der Waals surface area contributed by atoms with E-state index in [1.165, 1.54) is 0 Å². The number of urea groups is 1. The van der Waals surface area contributed by atoms with Crippen LogP contribution < -0.4 is 62.9 Å². The van der Waals surface area contributed by atoms with E-state index in [1.807, 2.05) is 0 Å². The largest absolute Gasteiger partial charge is 1.00 e. The van der Waals surface area contributed by atoms with Gasteiger partial charge >= 0.3 is 57.4 Å². The second-order valence-corrected chi connectivity index (χ2v) is 0.402. The third-order valence-electron chi connectivity index (χ3n) is 0. The van der Waals surface area contributed by atoms with Crippen molar-refractivity contribution in [2.24, 2.45) is 11.5 Å². The van der Waals surface area contributed by atoms with Crippen LogP contribution in [-0.2, 0) is 0 Å². The van der Waals surface area contributed by atoms with Crippen LogP contribution >= 0.6 is 0 Å². The molecule has 4 heteroatoms. The predicted octanol–water partition coefficient (Wildman–Crippen LogP) is -3.97. The molecule has 0 fully saturated rings. The van der Waals surface area contributed by atoms with Crippen molar-refractivity contribution >= 4 is 6.03 Å². The zero-order chi connectivity index (χ0) is 3.58. The monoisotopic (exact) mass is 99.0 g/mol. The Morgan fingerprint density at radius 3 is 1.40 bits per heavy atom. The van der Waals surface area contributed by atoms with Crippen molar-refractivity contribution in [3.63, 3.8) is 0 Å². The number of rotatable bonds is 0. The molecule has 0 aliphatic rings. The Bertz CT molecular complexity index is 32.6. The molecule has 0 aliphatic carbocycles. The Hall–Kier alpha value is 0.906. The summed E-state index contributed by atoms with van der Waals surface area (Å²) < 4.78 is 0. The van der Waals surface area contributed by atoms with Crippen LogP contribution in [0.15, 0.2) is 0 Å². The van der Waals surface area contributed by atoms with Gasteiger partial charge in [-0.3, -0.25) is 0 Å². The van der Waals surface area contributed by atoms with Gasteiger partial charge in [0.2, 0.25) is 0 Å². The van der Waals surface area contributed by atoms with Gasteiger partial charge in [0, 0.05) is 0 Å². The first-order chi connectivity index (χ1) is 1.73. The van der Waals surface area contributed by atoms with Gasteiger partial charge in [0.15, 0.2) is 0 Å². The molecule has 0 spiro atoms. The first-order valence-electron chi connectivity index (χ1n) is 0.781. The van der Waals surface area contributed by atoms with Crippen LogP contribution in [0.2, 0.25) is 0 Å². The smallest absolute Gasteiger partial charge is 0.352 e. The van der Waals surface area contributed by atoms with Crippen molar-refractivity contribution < 1.29 is 56.2 Å². The quantitative estimate of drug-likeness (QED) is 0.299. The van der Waals surface area contributed by atoms with Gasteiger partial charge in [0.25, 0.3) is 0 Å². The molecule has 4 N–H and O–H groups in total. The fourth-order valence-electron chi connectivity index (χ4n) is 0. The second kappa shape index (κ2) is 4.91. The minimum Gasteiger partial charge on any atom is -0.352 e. The fourth-order valence-corrected chi connectivity index (χ4v) is 0. The third kappa shape index (κ3) is 50.4. The number of primary amides is 2. The molecular weight excluding hydrogens is 95.1 g/mol. The summed E-state index contributed by atoms with van der Waals surface area (Å²) in [5, 5.41) is 0. The van der Waals surface area contributed by atoms with Gasteiger partial charge in [-0.1, -0.05) is 0 Å². The zero-order valence-corrected chi connectivity index (χ0v) is 6.19. The van der Waals surface area contributed by atoms with Gasteiger partial charge in [-0.25, -0.2) is 4.79 Å². The summed E-state index contributed by atoms with van der Waals surface area (Å²) in [6, 6.07) is -0.833. The average Bonchev–Trinajstić information content (AvgIpc) is 0.811. The normalized spacial score (nSPS) is 4.80. The number of carbonyl (C=O) groups excluding carboxylic acids is 1. The van der Waals surface area contributed by atoms with Crippen molar-refractivity contribution in [2.45, 2.75) is 0 Å². The molecule has 0 atom stereocenters. The molecule has 0 bridgehead atoms. The minimum absolute atomic E-state index is 0. The molecular formula is CH4KN2O+. The minimum atomic E-state index is -0.833. The second-order valence-electron chi connectivity index (χ2n) is 0.402. The molecule has 0 saturated carbocycles. The van der Waals surface area contributed by atoms with Crippen molar-refractivity contribution in [3.8, 4) is 0 Å². The number of carbonyl (C=O) groups is 1. The maximum Gasteiger partial charge on any atom is 1.00 e. The summed E-state index contributed by atoms with van der Waals surface area (Å²) in [6.07, 6.45) is 0. The predicted molar refractivity (Wildman–Crippen MR) is 13.8 cm³/mol. The molecule has 2 amide bonds. The molecule has 3 nitrogen and oxygen atoms in total. The first kappa shape index (κ1) is 9.32. The first-order valence-corrected chi connectivity index (χ1v) is 0.781. The van der Waals surface area contributed by atoms with Crippen LogP contribution in [0.1, 0.15) is 0 Å². The van der Waals surface area contributed by atoms with Crippen molar-refractivity contribution in [3.05, 3.63) is 0 Å². The topological polar surface area (TPSA) is 69.1 Å². The molecule has 0 aromatic rings. The van der Waals surface area contributed by atoms with Gasteiger partial charge in [0.1, 0.15) is 0 Å². The molecule has 0 aromatic heterocycles. The molecule has 0 rings (SSSR count). The Balaban J connectivity index is 0. The van der Waals surface area contributed by atoms with E-state index < -0.39 is 6.03 Å². The summed E-state index contributed by atoms with van der Waals surface area (Å²) in [6.45, 7) is 0. The van der Waals surface area contributed by atoms with Crippen molar-refractivity contribution in [2.75, 3.05) is 0 Å². The van der Waals surface area contributed by atoms with E-state index in [-0.39, 0.29) is 51.4 Å². The molecule has 0 heterocycles. The van der Waals surface area contributed by atoms with E-state index in [4.69, 9.17) is 4.79 Å². The Labute approximate surface area is 72.5 Å². The van der Waals surface area contributed by atoms with E-state index in [9.17, 15) is 0 Å². The Kier molecular flexibility index (Phi) is 9.14. The van der Waals surface area contributed by atoms with Crippen molar-refractivity contribution in [1.29, 1.82) is 0 Å². The van der Waals surface area contributed by atoms with Crippen LogP contribution in [-0.4, -0.2) is 6.03 Å². The third-order valence-corrected chi connectivity index (χ3v) is 0. The average molecular weight is 99.2 g/mol. The SMILES string of the molecule is NC(N)=O.[K+].